The van der Waals surface area contributed by atoms with Crippen LogP contribution < -0.4 is 14.8 Å². The van der Waals surface area contributed by atoms with Gasteiger partial charge in [-0.15, -0.1) is 11.3 Å². The number of halogens is 6. The third-order valence-corrected chi connectivity index (χ3v) is 7.58. The number of thiophene rings is 1. The molecular formula is C31H25F6NO2S. The first kappa shape index (κ1) is 28.8. The molecule has 214 valence electrons. The fourth-order valence-corrected chi connectivity index (χ4v) is 5.50. The van der Waals surface area contributed by atoms with Crippen molar-refractivity contribution in [1.82, 2.24) is 5.32 Å². The zero-order chi connectivity index (χ0) is 29.0. The fraction of sp³-hybridized carbons (Fsp3) is 0.226. The van der Waals surface area contributed by atoms with Gasteiger partial charge in [0, 0.05) is 11.4 Å². The van der Waals surface area contributed by atoms with Crippen LogP contribution in [0.4, 0.5) is 26.3 Å². The predicted octanol–water partition coefficient (Wildman–Crippen LogP) is 8.99. The third-order valence-electron chi connectivity index (χ3n) is 6.68. The molecule has 4 aromatic rings. The molecule has 1 aliphatic heterocycles. The first-order valence-electron chi connectivity index (χ1n) is 12.8. The number of hydrogen-bond donors (Lipinski definition) is 1. The second-order valence-corrected chi connectivity index (χ2v) is 10.3. The van der Waals surface area contributed by atoms with Crippen LogP contribution in [0.2, 0.25) is 0 Å². The summed E-state index contributed by atoms with van der Waals surface area (Å²) in [6, 6.07) is 17.5. The molecule has 1 aromatic heterocycles. The van der Waals surface area contributed by atoms with E-state index in [1.807, 2.05) is 35.7 Å². The Labute approximate surface area is 237 Å². The van der Waals surface area contributed by atoms with Crippen LogP contribution in [0.1, 0.15) is 34.2 Å². The number of rotatable bonds is 8. The molecule has 10 heteroatoms. The molecule has 3 aromatic carbocycles. The smallest absolute Gasteiger partial charge is 0.419 e. The van der Waals surface area contributed by atoms with Gasteiger partial charge in [0.2, 0.25) is 0 Å². The molecule has 0 spiro atoms. The first-order valence-corrected chi connectivity index (χ1v) is 13.7. The van der Waals surface area contributed by atoms with E-state index in [1.165, 1.54) is 47.7 Å². The Morgan fingerprint density at radius 1 is 0.707 bits per heavy atom. The summed E-state index contributed by atoms with van der Waals surface area (Å²) in [7, 11) is 0. The van der Waals surface area contributed by atoms with E-state index in [0.29, 0.717) is 36.2 Å². The predicted molar refractivity (Wildman–Crippen MR) is 147 cm³/mol. The topological polar surface area (TPSA) is 30.5 Å². The minimum Gasteiger partial charge on any atom is -0.488 e. The van der Waals surface area contributed by atoms with Crippen molar-refractivity contribution < 1.29 is 35.8 Å². The van der Waals surface area contributed by atoms with Crippen molar-refractivity contribution in [2.24, 2.45) is 0 Å². The molecule has 0 saturated carbocycles. The van der Waals surface area contributed by atoms with Gasteiger partial charge in [-0.1, -0.05) is 36.4 Å². The molecule has 0 radical (unpaired) electrons. The molecule has 2 heterocycles. The number of benzene rings is 3. The Morgan fingerprint density at radius 3 is 1.78 bits per heavy atom. The Bertz CT molecular complexity index is 1530. The molecule has 41 heavy (non-hydrogen) atoms. The van der Waals surface area contributed by atoms with Crippen molar-refractivity contribution in [2.75, 3.05) is 13.1 Å². The van der Waals surface area contributed by atoms with Gasteiger partial charge in [-0.25, -0.2) is 0 Å². The second-order valence-electron chi connectivity index (χ2n) is 9.39. The van der Waals surface area contributed by atoms with Crippen molar-refractivity contribution in [1.29, 1.82) is 0 Å². The van der Waals surface area contributed by atoms with Crippen LogP contribution in [0.25, 0.3) is 16.0 Å². The summed E-state index contributed by atoms with van der Waals surface area (Å²) in [5, 5.41) is 5.11. The van der Waals surface area contributed by atoms with Crippen molar-refractivity contribution in [3.05, 3.63) is 112 Å². The summed E-state index contributed by atoms with van der Waals surface area (Å²) in [5.74, 6) is -0.560. The number of alkyl halides is 6. The highest BCUT2D eigenvalue weighted by Gasteiger charge is 2.35. The highest BCUT2D eigenvalue weighted by molar-refractivity contribution is 7.13. The van der Waals surface area contributed by atoms with Crippen molar-refractivity contribution >= 4 is 16.9 Å². The van der Waals surface area contributed by atoms with Crippen molar-refractivity contribution in [3.63, 3.8) is 0 Å². The zero-order valence-corrected chi connectivity index (χ0v) is 22.4. The third kappa shape index (κ3) is 6.77. The maximum Gasteiger partial charge on any atom is 0.419 e. The van der Waals surface area contributed by atoms with E-state index in [2.05, 4.69) is 5.32 Å². The van der Waals surface area contributed by atoms with Gasteiger partial charge < -0.3 is 14.8 Å². The van der Waals surface area contributed by atoms with E-state index in [0.717, 1.165) is 28.1 Å². The highest BCUT2D eigenvalue weighted by atomic mass is 32.1. The highest BCUT2D eigenvalue weighted by Crippen LogP contribution is 2.40. The lowest BCUT2D eigenvalue weighted by Gasteiger charge is -2.22. The summed E-state index contributed by atoms with van der Waals surface area (Å²) < 4.78 is 93.1. The zero-order valence-electron chi connectivity index (χ0n) is 21.6. The van der Waals surface area contributed by atoms with Crippen LogP contribution >= 0.6 is 11.3 Å². The molecule has 1 aliphatic rings. The summed E-state index contributed by atoms with van der Waals surface area (Å²) in [6.07, 6.45) is -6.48. The van der Waals surface area contributed by atoms with E-state index < -0.39 is 23.5 Å². The maximum absolute atomic E-state index is 13.6. The van der Waals surface area contributed by atoms with E-state index >= 15 is 0 Å². The van der Waals surface area contributed by atoms with Crippen LogP contribution in [0.15, 0.2) is 84.3 Å². The van der Waals surface area contributed by atoms with Crippen LogP contribution in [-0.4, -0.2) is 13.1 Å². The molecule has 0 amide bonds. The number of para-hydroxylation sites is 2. The SMILES string of the molecule is FC(F)(F)c1ccccc1OCc1cc(-c2cccs2)c(COc2ccccc2C(F)(F)F)cc1C1=CCNCC1. The average molecular weight is 590 g/mol. The van der Waals surface area contributed by atoms with Gasteiger partial charge in [0.05, 0.1) is 11.1 Å². The molecule has 1 N–H and O–H groups in total. The van der Waals surface area contributed by atoms with Gasteiger partial charge in [0.15, 0.2) is 0 Å². The molecule has 3 nitrogen and oxygen atoms in total. The van der Waals surface area contributed by atoms with Crippen molar-refractivity contribution in [2.45, 2.75) is 32.0 Å². The molecule has 0 bridgehead atoms. The lowest BCUT2D eigenvalue weighted by atomic mass is 9.91. The van der Waals surface area contributed by atoms with Crippen LogP contribution in [0.3, 0.4) is 0 Å². The summed E-state index contributed by atoms with van der Waals surface area (Å²) >= 11 is 1.44. The number of nitrogens with one attached hydrogen (secondary N) is 1. The van der Waals surface area contributed by atoms with Gasteiger partial charge in [0.25, 0.3) is 0 Å². The molecule has 0 atom stereocenters. The summed E-state index contributed by atoms with van der Waals surface area (Å²) in [4.78, 5) is 0.843. The van der Waals surface area contributed by atoms with Crippen LogP contribution in [0, 0.1) is 0 Å². The quantitative estimate of drug-likeness (QED) is 0.208. The van der Waals surface area contributed by atoms with Crippen molar-refractivity contribution in [3.8, 4) is 21.9 Å². The van der Waals surface area contributed by atoms with E-state index in [-0.39, 0.29) is 24.7 Å². The average Bonchev–Trinajstić information content (AvgIpc) is 3.50. The fourth-order valence-electron chi connectivity index (χ4n) is 4.72. The van der Waals surface area contributed by atoms with Gasteiger partial charge in [-0.3, -0.25) is 0 Å². The normalized spacial score (nSPS) is 14.0. The Hall–Kier alpha value is -3.76. The monoisotopic (exact) mass is 589 g/mol. The minimum absolute atomic E-state index is 0.135. The van der Waals surface area contributed by atoms with E-state index in [4.69, 9.17) is 9.47 Å². The van der Waals surface area contributed by atoms with Gasteiger partial charge in [-0.05, 0) is 88.6 Å². The summed E-state index contributed by atoms with van der Waals surface area (Å²) in [5.41, 5.74) is 2.03. The lowest BCUT2D eigenvalue weighted by molar-refractivity contribution is -0.139. The largest absolute Gasteiger partial charge is 0.488 e. The number of hydrogen-bond acceptors (Lipinski definition) is 4. The van der Waals surface area contributed by atoms with Gasteiger partial charge in [0.1, 0.15) is 24.7 Å². The maximum atomic E-state index is 13.6. The Balaban J connectivity index is 1.55. The van der Waals surface area contributed by atoms with Gasteiger partial charge in [-0.2, -0.15) is 26.3 Å². The molecule has 5 rings (SSSR count). The van der Waals surface area contributed by atoms with E-state index in [1.54, 1.807) is 0 Å². The molecular weight excluding hydrogens is 564 g/mol. The Kier molecular flexibility index (Phi) is 8.42. The standard InChI is InChI=1S/C31H25F6NO2S/c32-30(33,34)25-6-1-3-8-27(25)39-18-21-17-24(29-10-5-15-41-29)22(16-23(21)20-11-13-38-14-12-20)19-40-28-9-4-2-7-26(28)31(35,36)37/h1-11,15-17,38H,12-14,18-19H2. The minimum atomic E-state index is -4.58. The number of ether oxygens (including phenoxy) is 2. The molecule has 0 saturated heterocycles. The lowest BCUT2D eigenvalue weighted by Crippen LogP contribution is -2.20. The van der Waals surface area contributed by atoms with Crippen LogP contribution in [0.5, 0.6) is 11.5 Å². The molecule has 0 unspecified atom stereocenters. The molecule has 0 fully saturated rings. The van der Waals surface area contributed by atoms with Crippen LogP contribution in [-0.2, 0) is 25.6 Å². The first-order chi connectivity index (χ1) is 19.6. The Morgan fingerprint density at radius 2 is 1.27 bits per heavy atom. The molecule has 0 aliphatic carbocycles. The second kappa shape index (κ2) is 12.0. The summed E-state index contributed by atoms with van der Waals surface area (Å²) in [6.45, 7) is 1.05. The van der Waals surface area contributed by atoms with Gasteiger partial charge >= 0.3 is 12.4 Å². The van der Waals surface area contributed by atoms with E-state index in [9.17, 15) is 26.3 Å².